The van der Waals surface area contributed by atoms with Gasteiger partial charge in [-0.2, -0.15) is 0 Å². The lowest BCUT2D eigenvalue weighted by atomic mass is 10.1. The van der Waals surface area contributed by atoms with Gasteiger partial charge in [-0.25, -0.2) is 0 Å². The van der Waals surface area contributed by atoms with Gasteiger partial charge in [-0.05, 0) is 43.2 Å². The number of benzene rings is 2. The third-order valence-electron chi connectivity index (χ3n) is 4.15. The molecule has 0 atom stereocenters. The van der Waals surface area contributed by atoms with E-state index in [2.05, 4.69) is 10.2 Å². The largest absolute Gasteiger partial charge is 0.493 e. The van der Waals surface area contributed by atoms with Gasteiger partial charge in [-0.15, -0.1) is 10.2 Å². The van der Waals surface area contributed by atoms with Gasteiger partial charge in [-0.1, -0.05) is 24.3 Å². The van der Waals surface area contributed by atoms with Gasteiger partial charge < -0.3 is 14.4 Å². The highest BCUT2D eigenvalue weighted by Gasteiger charge is 2.14. The summed E-state index contributed by atoms with van der Waals surface area (Å²) < 4.78 is 7.04. The molecule has 0 fully saturated rings. The molecular formula is C19H19N3O3. The molecule has 1 N–H and O–H groups in total. The van der Waals surface area contributed by atoms with Crippen LogP contribution in [0.1, 0.15) is 11.1 Å². The zero-order chi connectivity index (χ0) is 18.0. The van der Waals surface area contributed by atoms with E-state index in [1.807, 2.05) is 56.3 Å². The highest BCUT2D eigenvalue weighted by molar-refractivity contribution is 5.95. The maximum atomic E-state index is 11.9. The molecule has 0 unspecified atom stereocenters. The van der Waals surface area contributed by atoms with Crippen molar-refractivity contribution in [2.24, 2.45) is 17.3 Å². The molecule has 0 saturated heterocycles. The number of azo groups is 1. The molecular weight excluding hydrogens is 318 g/mol. The van der Waals surface area contributed by atoms with Crippen molar-refractivity contribution in [2.75, 3.05) is 6.61 Å². The van der Waals surface area contributed by atoms with Gasteiger partial charge in [0.2, 0.25) is 5.88 Å². The Hall–Kier alpha value is -3.15. The Bertz CT molecular complexity index is 973. The first-order valence-electron chi connectivity index (χ1n) is 7.88. The first kappa shape index (κ1) is 16.7. The van der Waals surface area contributed by atoms with Crippen LogP contribution in [0.15, 0.2) is 52.7 Å². The van der Waals surface area contributed by atoms with Crippen LogP contribution in [-0.4, -0.2) is 22.2 Å². The molecule has 1 heterocycles. The number of aromatic nitrogens is 1. The molecule has 1 amide bonds. The number of hydrogen-bond acceptors (Lipinski definition) is 4. The summed E-state index contributed by atoms with van der Waals surface area (Å²) in [6, 6.07) is 13.0. The maximum Gasteiger partial charge on any atom is 0.302 e. The highest BCUT2D eigenvalue weighted by atomic mass is 16.5. The summed E-state index contributed by atoms with van der Waals surface area (Å²) in [5.74, 6) is 0.0537. The van der Waals surface area contributed by atoms with Crippen molar-refractivity contribution in [1.29, 1.82) is 0 Å². The van der Waals surface area contributed by atoms with Gasteiger partial charge in [0.25, 0.3) is 0 Å². The molecule has 6 nitrogen and oxygen atoms in total. The molecule has 0 spiro atoms. The number of hydrogen-bond donors (Lipinski definition) is 1. The van der Waals surface area contributed by atoms with Gasteiger partial charge in [0.1, 0.15) is 5.75 Å². The van der Waals surface area contributed by atoms with Crippen molar-refractivity contribution in [3.63, 3.8) is 0 Å². The van der Waals surface area contributed by atoms with Crippen molar-refractivity contribution in [2.45, 2.75) is 13.8 Å². The fourth-order valence-corrected chi connectivity index (χ4v) is 2.54. The Morgan fingerprint density at radius 1 is 1.16 bits per heavy atom. The van der Waals surface area contributed by atoms with Crippen LogP contribution in [0.2, 0.25) is 0 Å². The van der Waals surface area contributed by atoms with Crippen LogP contribution in [-0.2, 0) is 11.8 Å². The third-order valence-corrected chi connectivity index (χ3v) is 4.15. The second-order valence-corrected chi connectivity index (χ2v) is 5.88. The summed E-state index contributed by atoms with van der Waals surface area (Å²) in [4.78, 5) is 11.9. The van der Waals surface area contributed by atoms with Crippen LogP contribution in [0, 0.1) is 13.8 Å². The van der Waals surface area contributed by atoms with E-state index in [-0.39, 0.29) is 18.2 Å². The fraction of sp³-hybridized carbons (Fsp3) is 0.211. The summed E-state index contributed by atoms with van der Waals surface area (Å²) >= 11 is 0. The SMILES string of the molecule is Cc1ccc(OCC(=O)N=Nc2c(O)n(C)c3ccccc23)cc1C. The van der Waals surface area contributed by atoms with Crippen LogP contribution in [0.25, 0.3) is 10.9 Å². The average molecular weight is 337 g/mol. The zero-order valence-electron chi connectivity index (χ0n) is 14.4. The fourth-order valence-electron chi connectivity index (χ4n) is 2.54. The second kappa shape index (κ2) is 6.76. The van der Waals surface area contributed by atoms with Crippen LogP contribution in [0.4, 0.5) is 5.69 Å². The van der Waals surface area contributed by atoms with Crippen molar-refractivity contribution in [1.82, 2.24) is 4.57 Å². The smallest absolute Gasteiger partial charge is 0.302 e. The summed E-state index contributed by atoms with van der Waals surface area (Å²) in [5.41, 5.74) is 3.34. The number of ether oxygens (including phenoxy) is 1. The minimum Gasteiger partial charge on any atom is -0.493 e. The van der Waals surface area contributed by atoms with Gasteiger partial charge in [0, 0.05) is 12.4 Å². The van der Waals surface area contributed by atoms with E-state index in [1.165, 1.54) is 0 Å². The van der Waals surface area contributed by atoms with Crippen molar-refractivity contribution < 1.29 is 14.6 Å². The van der Waals surface area contributed by atoms with Crippen molar-refractivity contribution >= 4 is 22.5 Å². The van der Waals surface area contributed by atoms with Gasteiger partial charge in [0.05, 0.1) is 5.52 Å². The third kappa shape index (κ3) is 3.38. The molecule has 0 aliphatic rings. The number of amides is 1. The number of rotatable bonds is 4. The first-order chi connectivity index (χ1) is 12.0. The Morgan fingerprint density at radius 3 is 2.68 bits per heavy atom. The Kier molecular flexibility index (Phi) is 4.52. The molecule has 2 aromatic carbocycles. The number of para-hydroxylation sites is 1. The summed E-state index contributed by atoms with van der Waals surface area (Å²) in [6.45, 7) is 3.78. The molecule has 0 bridgehead atoms. The quantitative estimate of drug-likeness (QED) is 0.725. The summed E-state index contributed by atoms with van der Waals surface area (Å²) in [5, 5.41) is 18.5. The van der Waals surface area contributed by atoms with Gasteiger partial charge >= 0.3 is 5.91 Å². The van der Waals surface area contributed by atoms with Crippen LogP contribution in [0.5, 0.6) is 11.6 Å². The van der Waals surface area contributed by atoms with Crippen LogP contribution >= 0.6 is 0 Å². The lowest BCUT2D eigenvalue weighted by Gasteiger charge is -2.05. The second-order valence-electron chi connectivity index (χ2n) is 5.88. The topological polar surface area (TPSA) is 76.2 Å². The lowest BCUT2D eigenvalue weighted by molar-refractivity contribution is -0.120. The highest BCUT2D eigenvalue weighted by Crippen LogP contribution is 2.37. The predicted octanol–water partition coefficient (Wildman–Crippen LogP) is 4.19. The molecule has 25 heavy (non-hydrogen) atoms. The summed E-state index contributed by atoms with van der Waals surface area (Å²) in [7, 11) is 1.72. The first-order valence-corrected chi connectivity index (χ1v) is 7.88. The molecule has 0 saturated carbocycles. The van der Waals surface area contributed by atoms with Gasteiger partial charge in [0.15, 0.2) is 12.3 Å². The molecule has 0 aliphatic heterocycles. The Morgan fingerprint density at radius 2 is 1.92 bits per heavy atom. The van der Waals surface area contributed by atoms with E-state index in [1.54, 1.807) is 11.6 Å². The van der Waals surface area contributed by atoms with E-state index in [0.717, 1.165) is 22.0 Å². The number of aryl methyl sites for hydroxylation is 3. The van der Waals surface area contributed by atoms with E-state index in [0.29, 0.717) is 5.75 Å². The minimum atomic E-state index is -0.523. The van der Waals surface area contributed by atoms with E-state index in [4.69, 9.17) is 4.74 Å². The molecule has 3 aromatic rings. The number of nitrogens with zero attached hydrogens (tertiary/aromatic N) is 3. The number of aromatic hydroxyl groups is 1. The average Bonchev–Trinajstić information content (AvgIpc) is 2.85. The van der Waals surface area contributed by atoms with E-state index in [9.17, 15) is 9.90 Å². The molecule has 6 heteroatoms. The standard InChI is InChI=1S/C19H19N3O3/c1-12-8-9-14(10-13(12)2)25-11-17(23)20-21-18-15-6-4-5-7-16(15)22(3)19(18)24/h4-10,24H,11H2,1-3H3. The van der Waals surface area contributed by atoms with E-state index >= 15 is 0 Å². The maximum absolute atomic E-state index is 11.9. The normalized spacial score (nSPS) is 11.3. The summed E-state index contributed by atoms with van der Waals surface area (Å²) in [6.07, 6.45) is 0. The van der Waals surface area contributed by atoms with Crippen molar-refractivity contribution in [3.05, 3.63) is 53.6 Å². The Labute approximate surface area is 145 Å². The molecule has 0 radical (unpaired) electrons. The van der Waals surface area contributed by atoms with E-state index < -0.39 is 5.91 Å². The van der Waals surface area contributed by atoms with Crippen LogP contribution in [0.3, 0.4) is 0 Å². The number of carbonyl (C=O) groups is 1. The molecule has 1 aromatic heterocycles. The number of fused-ring (bicyclic) bond motifs is 1. The molecule has 0 aliphatic carbocycles. The lowest BCUT2D eigenvalue weighted by Crippen LogP contribution is -2.08. The molecule has 128 valence electrons. The van der Waals surface area contributed by atoms with Crippen LogP contribution < -0.4 is 4.74 Å². The van der Waals surface area contributed by atoms with Crippen molar-refractivity contribution in [3.8, 4) is 11.6 Å². The monoisotopic (exact) mass is 337 g/mol. The zero-order valence-corrected chi connectivity index (χ0v) is 14.4. The predicted molar refractivity (Wildman–Crippen MR) is 95.5 cm³/mol. The molecule has 3 rings (SSSR count). The minimum absolute atomic E-state index is 0.0344. The van der Waals surface area contributed by atoms with Gasteiger partial charge in [-0.3, -0.25) is 4.79 Å². The number of carbonyl (C=O) groups excluding carboxylic acids is 1. The Balaban J connectivity index is 1.73.